The third-order valence-corrected chi connectivity index (χ3v) is 4.67. The summed E-state index contributed by atoms with van der Waals surface area (Å²) in [4.78, 5) is 25.3. The van der Waals surface area contributed by atoms with Crippen LogP contribution < -0.4 is 5.32 Å². The first-order valence-corrected chi connectivity index (χ1v) is 8.62. The SMILES string of the molecule is CN(CC(=O)NCCc1cccs1)Cc1cc([N+](=O)[O-])ccc1Cl. The van der Waals surface area contributed by atoms with Crippen LogP contribution >= 0.6 is 22.9 Å². The summed E-state index contributed by atoms with van der Waals surface area (Å²) in [6, 6.07) is 8.33. The summed E-state index contributed by atoms with van der Waals surface area (Å²) in [5.74, 6) is -0.0874. The smallest absolute Gasteiger partial charge is 0.269 e. The number of nitrogens with one attached hydrogen (secondary N) is 1. The second kappa shape index (κ2) is 8.77. The van der Waals surface area contributed by atoms with Crippen LogP contribution in [0.5, 0.6) is 0 Å². The molecular formula is C16H18ClN3O3S. The largest absolute Gasteiger partial charge is 0.355 e. The van der Waals surface area contributed by atoms with Gasteiger partial charge in [-0.2, -0.15) is 0 Å². The first-order chi connectivity index (χ1) is 11.5. The molecule has 2 rings (SSSR count). The van der Waals surface area contributed by atoms with Gasteiger partial charge in [0, 0.05) is 35.1 Å². The molecule has 1 N–H and O–H groups in total. The van der Waals surface area contributed by atoms with Crippen molar-refractivity contribution in [2.24, 2.45) is 0 Å². The highest BCUT2D eigenvalue weighted by Crippen LogP contribution is 2.23. The lowest BCUT2D eigenvalue weighted by Gasteiger charge is -2.17. The molecule has 0 atom stereocenters. The van der Waals surface area contributed by atoms with Crippen LogP contribution in [0.2, 0.25) is 5.02 Å². The number of carbonyl (C=O) groups excluding carboxylic acids is 1. The van der Waals surface area contributed by atoms with Crippen molar-refractivity contribution in [1.29, 1.82) is 0 Å². The monoisotopic (exact) mass is 367 g/mol. The number of thiophene rings is 1. The molecule has 0 aliphatic heterocycles. The number of benzene rings is 1. The average Bonchev–Trinajstić information content (AvgIpc) is 3.02. The van der Waals surface area contributed by atoms with Crippen molar-refractivity contribution in [1.82, 2.24) is 10.2 Å². The van der Waals surface area contributed by atoms with E-state index in [0.717, 1.165) is 6.42 Å². The lowest BCUT2D eigenvalue weighted by atomic mass is 10.2. The normalized spacial score (nSPS) is 10.8. The van der Waals surface area contributed by atoms with Crippen LogP contribution in [0.4, 0.5) is 5.69 Å². The van der Waals surface area contributed by atoms with Gasteiger partial charge in [-0.15, -0.1) is 11.3 Å². The van der Waals surface area contributed by atoms with Crippen LogP contribution in [0.25, 0.3) is 0 Å². The number of likely N-dealkylation sites (N-methyl/N-ethyl adjacent to an activating group) is 1. The number of carbonyl (C=O) groups is 1. The quantitative estimate of drug-likeness (QED) is 0.574. The highest BCUT2D eigenvalue weighted by atomic mass is 35.5. The van der Waals surface area contributed by atoms with E-state index in [-0.39, 0.29) is 18.1 Å². The van der Waals surface area contributed by atoms with Crippen molar-refractivity contribution in [2.45, 2.75) is 13.0 Å². The molecule has 2 aromatic rings. The third-order valence-electron chi connectivity index (χ3n) is 3.37. The number of nitro groups is 1. The highest BCUT2D eigenvalue weighted by Gasteiger charge is 2.13. The zero-order valence-electron chi connectivity index (χ0n) is 13.2. The molecule has 0 radical (unpaired) electrons. The van der Waals surface area contributed by atoms with Crippen LogP contribution in [0.15, 0.2) is 35.7 Å². The van der Waals surface area contributed by atoms with Gasteiger partial charge in [-0.1, -0.05) is 17.7 Å². The summed E-state index contributed by atoms with van der Waals surface area (Å²) < 4.78 is 0. The first kappa shape index (κ1) is 18.4. The molecule has 8 heteroatoms. The summed E-state index contributed by atoms with van der Waals surface area (Å²) in [6.07, 6.45) is 0.809. The molecule has 0 unspecified atom stereocenters. The van der Waals surface area contributed by atoms with Crippen molar-refractivity contribution in [3.63, 3.8) is 0 Å². The van der Waals surface area contributed by atoms with E-state index in [1.165, 1.54) is 23.1 Å². The van der Waals surface area contributed by atoms with E-state index in [1.807, 2.05) is 17.5 Å². The molecule has 1 heterocycles. The molecule has 0 fully saturated rings. The Balaban J connectivity index is 1.81. The molecule has 0 spiro atoms. The van der Waals surface area contributed by atoms with Gasteiger partial charge in [0.1, 0.15) is 0 Å². The van der Waals surface area contributed by atoms with Crippen molar-refractivity contribution >= 4 is 34.5 Å². The number of non-ortho nitro benzene ring substituents is 1. The predicted octanol–water partition coefficient (Wildman–Crippen LogP) is 3.10. The van der Waals surface area contributed by atoms with E-state index < -0.39 is 4.92 Å². The van der Waals surface area contributed by atoms with Crippen molar-refractivity contribution < 1.29 is 9.72 Å². The standard InChI is InChI=1S/C16H18ClN3O3S/c1-19(10-12-9-13(20(22)23)4-5-15(12)17)11-16(21)18-7-6-14-3-2-8-24-14/h2-5,8-9H,6-7,10-11H2,1H3,(H,18,21). The molecule has 0 aliphatic rings. The Morgan fingerprint density at radius 3 is 2.88 bits per heavy atom. The summed E-state index contributed by atoms with van der Waals surface area (Å²) in [5.41, 5.74) is 0.614. The number of hydrogen-bond acceptors (Lipinski definition) is 5. The number of nitro benzene ring substituents is 1. The van der Waals surface area contributed by atoms with Crippen LogP contribution in [-0.4, -0.2) is 35.9 Å². The molecule has 24 heavy (non-hydrogen) atoms. The Bertz CT molecular complexity index is 707. The maximum Gasteiger partial charge on any atom is 0.269 e. The summed E-state index contributed by atoms with van der Waals surface area (Å²) >= 11 is 7.74. The van der Waals surface area contributed by atoms with Gasteiger partial charge in [0.15, 0.2) is 0 Å². The molecule has 0 saturated carbocycles. The molecular weight excluding hydrogens is 350 g/mol. The number of rotatable bonds is 8. The number of nitrogens with zero attached hydrogens (tertiary/aromatic N) is 2. The molecule has 1 amide bonds. The van der Waals surface area contributed by atoms with Crippen LogP contribution in [-0.2, 0) is 17.8 Å². The average molecular weight is 368 g/mol. The lowest BCUT2D eigenvalue weighted by Crippen LogP contribution is -2.35. The third kappa shape index (κ3) is 5.59. The minimum atomic E-state index is -0.461. The summed E-state index contributed by atoms with van der Waals surface area (Å²) in [7, 11) is 1.77. The molecule has 1 aromatic heterocycles. The maximum absolute atomic E-state index is 11.9. The van der Waals surface area contributed by atoms with Gasteiger partial charge in [0.25, 0.3) is 5.69 Å². The van der Waals surface area contributed by atoms with Gasteiger partial charge in [0.05, 0.1) is 11.5 Å². The fraction of sp³-hybridized carbons (Fsp3) is 0.312. The Kier molecular flexibility index (Phi) is 6.72. The van der Waals surface area contributed by atoms with Gasteiger partial charge in [-0.3, -0.25) is 19.8 Å². The Morgan fingerprint density at radius 2 is 2.21 bits per heavy atom. The second-order valence-corrected chi connectivity index (χ2v) is 6.82. The van der Waals surface area contributed by atoms with Crippen molar-refractivity contribution in [2.75, 3.05) is 20.1 Å². The zero-order chi connectivity index (χ0) is 17.5. The van der Waals surface area contributed by atoms with Crippen LogP contribution in [0.3, 0.4) is 0 Å². The van der Waals surface area contributed by atoms with Gasteiger partial charge in [-0.05, 0) is 36.5 Å². The van der Waals surface area contributed by atoms with E-state index in [1.54, 1.807) is 23.3 Å². The zero-order valence-corrected chi connectivity index (χ0v) is 14.8. The maximum atomic E-state index is 11.9. The lowest BCUT2D eigenvalue weighted by molar-refractivity contribution is -0.384. The van der Waals surface area contributed by atoms with Gasteiger partial charge in [0.2, 0.25) is 5.91 Å². The fourth-order valence-electron chi connectivity index (χ4n) is 2.22. The van der Waals surface area contributed by atoms with E-state index in [2.05, 4.69) is 5.32 Å². The first-order valence-electron chi connectivity index (χ1n) is 7.36. The molecule has 0 bridgehead atoms. The summed E-state index contributed by atoms with van der Waals surface area (Å²) in [5, 5.41) is 16.2. The van der Waals surface area contributed by atoms with Crippen molar-refractivity contribution in [3.8, 4) is 0 Å². The number of hydrogen-bond donors (Lipinski definition) is 1. The number of amides is 1. The van der Waals surface area contributed by atoms with Crippen LogP contribution in [0.1, 0.15) is 10.4 Å². The van der Waals surface area contributed by atoms with Gasteiger partial charge >= 0.3 is 0 Å². The topological polar surface area (TPSA) is 75.5 Å². The molecule has 0 saturated heterocycles. The highest BCUT2D eigenvalue weighted by molar-refractivity contribution is 7.09. The van der Waals surface area contributed by atoms with E-state index in [9.17, 15) is 14.9 Å². The minimum absolute atomic E-state index is 0.0109. The second-order valence-electron chi connectivity index (χ2n) is 5.38. The minimum Gasteiger partial charge on any atom is -0.355 e. The molecule has 0 aliphatic carbocycles. The number of halogens is 1. The van der Waals surface area contributed by atoms with Crippen LogP contribution in [0, 0.1) is 10.1 Å². The van der Waals surface area contributed by atoms with Crippen molar-refractivity contribution in [3.05, 3.63) is 61.3 Å². The van der Waals surface area contributed by atoms with E-state index in [4.69, 9.17) is 11.6 Å². The van der Waals surface area contributed by atoms with E-state index in [0.29, 0.717) is 23.7 Å². The van der Waals surface area contributed by atoms with Gasteiger partial charge in [-0.25, -0.2) is 0 Å². The Labute approximate surface area is 149 Å². The fourth-order valence-corrected chi connectivity index (χ4v) is 3.11. The Morgan fingerprint density at radius 1 is 1.42 bits per heavy atom. The molecule has 1 aromatic carbocycles. The van der Waals surface area contributed by atoms with Gasteiger partial charge < -0.3 is 5.32 Å². The van der Waals surface area contributed by atoms with E-state index >= 15 is 0 Å². The molecule has 128 valence electrons. The molecule has 6 nitrogen and oxygen atoms in total. The predicted molar refractivity (Wildman–Crippen MR) is 95.5 cm³/mol. The Hall–Kier alpha value is -1.96. The summed E-state index contributed by atoms with van der Waals surface area (Å²) in [6.45, 7) is 1.15.